The van der Waals surface area contributed by atoms with E-state index in [9.17, 15) is 9.59 Å². The topological polar surface area (TPSA) is 66.4 Å². The summed E-state index contributed by atoms with van der Waals surface area (Å²) < 4.78 is 0. The number of carboxylic acid groups (broad SMARTS) is 1. The molecule has 0 spiro atoms. The Bertz CT molecular complexity index is 268. The van der Waals surface area contributed by atoms with Crippen LogP contribution >= 0.6 is 0 Å². The van der Waals surface area contributed by atoms with E-state index in [0.29, 0.717) is 12.8 Å². The van der Waals surface area contributed by atoms with E-state index in [0.717, 1.165) is 6.29 Å². The molecule has 1 rings (SSSR count). The van der Waals surface area contributed by atoms with Gasteiger partial charge in [-0.1, -0.05) is 6.08 Å². The molecule has 1 aliphatic rings. The average molecular weight is 181 g/mol. The number of hydrogen-bond acceptors (Lipinski definition) is 3. The van der Waals surface area contributed by atoms with E-state index < -0.39 is 5.97 Å². The van der Waals surface area contributed by atoms with E-state index in [-0.39, 0.29) is 11.6 Å². The lowest BCUT2D eigenvalue weighted by atomic mass is 10.1. The standard InChI is InChI=1S/C9H11NO3/c11-5-1-2-8-4-3-7(6-10-8)9(12)13/h3-6,8,10H,1-2H2,(H,12,13). The molecule has 4 nitrogen and oxygen atoms in total. The molecule has 4 heteroatoms. The molecular formula is C9H11NO3. The average Bonchev–Trinajstić information content (AvgIpc) is 2.15. The fourth-order valence-electron chi connectivity index (χ4n) is 1.08. The van der Waals surface area contributed by atoms with Crippen LogP contribution in [-0.4, -0.2) is 23.4 Å². The molecule has 1 aliphatic heterocycles. The summed E-state index contributed by atoms with van der Waals surface area (Å²) in [6.07, 6.45) is 6.80. The molecule has 1 unspecified atom stereocenters. The number of hydrogen-bond donors (Lipinski definition) is 2. The maximum atomic E-state index is 10.5. The summed E-state index contributed by atoms with van der Waals surface area (Å²) in [5, 5.41) is 11.5. The highest BCUT2D eigenvalue weighted by atomic mass is 16.4. The second-order valence-electron chi connectivity index (χ2n) is 2.78. The fraction of sp³-hybridized carbons (Fsp3) is 0.333. The molecule has 2 N–H and O–H groups in total. The Hall–Kier alpha value is -1.58. The summed E-state index contributed by atoms with van der Waals surface area (Å²) in [5.41, 5.74) is 0.238. The molecule has 1 heterocycles. The number of carbonyl (C=O) groups is 2. The van der Waals surface area contributed by atoms with Crippen molar-refractivity contribution in [3.05, 3.63) is 23.9 Å². The monoisotopic (exact) mass is 181 g/mol. The van der Waals surface area contributed by atoms with Crippen LogP contribution in [0.25, 0.3) is 0 Å². The zero-order chi connectivity index (χ0) is 9.68. The van der Waals surface area contributed by atoms with Crippen LogP contribution in [0, 0.1) is 0 Å². The van der Waals surface area contributed by atoms with Crippen molar-refractivity contribution in [3.63, 3.8) is 0 Å². The molecule has 0 aromatic rings. The Kier molecular flexibility index (Phi) is 3.25. The maximum Gasteiger partial charge on any atom is 0.337 e. The van der Waals surface area contributed by atoms with Gasteiger partial charge in [-0.15, -0.1) is 0 Å². The van der Waals surface area contributed by atoms with E-state index in [1.54, 1.807) is 12.2 Å². The molecule has 1 atom stereocenters. The smallest absolute Gasteiger partial charge is 0.337 e. The van der Waals surface area contributed by atoms with Crippen molar-refractivity contribution < 1.29 is 14.7 Å². The van der Waals surface area contributed by atoms with Gasteiger partial charge in [-0.3, -0.25) is 0 Å². The second kappa shape index (κ2) is 4.45. The molecule has 0 aromatic carbocycles. The van der Waals surface area contributed by atoms with Gasteiger partial charge in [-0.25, -0.2) is 4.79 Å². The third-order valence-corrected chi connectivity index (χ3v) is 1.80. The van der Waals surface area contributed by atoms with Gasteiger partial charge in [0.25, 0.3) is 0 Å². The quantitative estimate of drug-likeness (QED) is 0.618. The molecule has 0 saturated carbocycles. The van der Waals surface area contributed by atoms with Gasteiger partial charge in [0, 0.05) is 18.7 Å². The number of carbonyl (C=O) groups excluding carboxylic acids is 1. The first kappa shape index (κ1) is 9.51. The van der Waals surface area contributed by atoms with Crippen molar-refractivity contribution in [1.29, 1.82) is 0 Å². The Morgan fingerprint density at radius 2 is 2.46 bits per heavy atom. The normalized spacial score (nSPS) is 20.3. The highest BCUT2D eigenvalue weighted by Gasteiger charge is 2.10. The maximum absolute atomic E-state index is 10.5. The minimum Gasteiger partial charge on any atom is -0.478 e. The lowest BCUT2D eigenvalue weighted by Gasteiger charge is -2.15. The predicted molar refractivity (Wildman–Crippen MR) is 47.1 cm³/mol. The Labute approximate surface area is 75.9 Å². The van der Waals surface area contributed by atoms with Crippen molar-refractivity contribution in [2.75, 3.05) is 0 Å². The van der Waals surface area contributed by atoms with Gasteiger partial charge in [0.05, 0.1) is 5.57 Å². The molecule has 0 saturated heterocycles. The fourth-order valence-corrected chi connectivity index (χ4v) is 1.08. The van der Waals surface area contributed by atoms with Gasteiger partial charge in [-0.05, 0) is 12.5 Å². The number of aldehydes is 1. The first-order valence-corrected chi connectivity index (χ1v) is 4.05. The molecule has 0 amide bonds. The minimum absolute atomic E-state index is 0.0771. The van der Waals surface area contributed by atoms with E-state index in [2.05, 4.69) is 5.32 Å². The van der Waals surface area contributed by atoms with Crippen LogP contribution < -0.4 is 5.32 Å². The summed E-state index contributed by atoms with van der Waals surface area (Å²) >= 11 is 0. The zero-order valence-electron chi connectivity index (χ0n) is 7.06. The van der Waals surface area contributed by atoms with Crippen LogP contribution in [0.4, 0.5) is 0 Å². The van der Waals surface area contributed by atoms with E-state index >= 15 is 0 Å². The van der Waals surface area contributed by atoms with Gasteiger partial charge in [0.1, 0.15) is 6.29 Å². The molecule has 0 aromatic heterocycles. The van der Waals surface area contributed by atoms with Crippen LogP contribution in [-0.2, 0) is 9.59 Å². The molecule has 0 bridgehead atoms. The molecule has 0 aliphatic carbocycles. The van der Waals surface area contributed by atoms with Crippen LogP contribution in [0.3, 0.4) is 0 Å². The summed E-state index contributed by atoms with van der Waals surface area (Å²) in [5.74, 6) is -0.947. The van der Waals surface area contributed by atoms with Gasteiger partial charge < -0.3 is 15.2 Å². The second-order valence-corrected chi connectivity index (χ2v) is 2.78. The third-order valence-electron chi connectivity index (χ3n) is 1.80. The largest absolute Gasteiger partial charge is 0.478 e. The summed E-state index contributed by atoms with van der Waals surface area (Å²) in [7, 11) is 0. The van der Waals surface area contributed by atoms with Crippen LogP contribution in [0.1, 0.15) is 12.8 Å². The SMILES string of the molecule is O=CCCC1C=CC(C(=O)O)=CN1. The highest BCUT2D eigenvalue weighted by Crippen LogP contribution is 2.07. The van der Waals surface area contributed by atoms with E-state index in [4.69, 9.17) is 5.11 Å². The number of rotatable bonds is 4. The van der Waals surface area contributed by atoms with E-state index in [1.807, 2.05) is 0 Å². The summed E-state index contributed by atoms with van der Waals surface area (Å²) in [6.45, 7) is 0. The minimum atomic E-state index is -0.947. The molecule has 70 valence electrons. The van der Waals surface area contributed by atoms with Gasteiger partial charge in [-0.2, -0.15) is 0 Å². The van der Waals surface area contributed by atoms with Crippen LogP contribution in [0.5, 0.6) is 0 Å². The number of nitrogens with one attached hydrogen (secondary N) is 1. The lowest BCUT2D eigenvalue weighted by molar-refractivity contribution is -0.132. The van der Waals surface area contributed by atoms with Gasteiger partial charge in [0.15, 0.2) is 0 Å². The summed E-state index contributed by atoms with van der Waals surface area (Å²) in [6, 6.07) is 0.0771. The Morgan fingerprint density at radius 1 is 1.69 bits per heavy atom. The Balaban J connectivity index is 2.43. The van der Waals surface area contributed by atoms with Crippen LogP contribution in [0.2, 0.25) is 0 Å². The molecular weight excluding hydrogens is 170 g/mol. The highest BCUT2D eigenvalue weighted by molar-refractivity contribution is 5.89. The number of carboxylic acids is 1. The van der Waals surface area contributed by atoms with Crippen LogP contribution in [0.15, 0.2) is 23.9 Å². The molecule has 0 radical (unpaired) electrons. The predicted octanol–water partition coefficient (Wildman–Crippen LogP) is 0.462. The summed E-state index contributed by atoms with van der Waals surface area (Å²) in [4.78, 5) is 20.5. The zero-order valence-corrected chi connectivity index (χ0v) is 7.06. The number of dihydropyridines is 1. The first-order chi connectivity index (χ1) is 6.24. The van der Waals surface area contributed by atoms with Crippen molar-refractivity contribution in [2.45, 2.75) is 18.9 Å². The van der Waals surface area contributed by atoms with Crippen molar-refractivity contribution in [2.24, 2.45) is 0 Å². The lowest BCUT2D eigenvalue weighted by Crippen LogP contribution is -2.26. The van der Waals surface area contributed by atoms with Gasteiger partial charge in [0.2, 0.25) is 0 Å². The molecule has 13 heavy (non-hydrogen) atoms. The first-order valence-electron chi connectivity index (χ1n) is 4.05. The third kappa shape index (κ3) is 2.74. The van der Waals surface area contributed by atoms with Gasteiger partial charge >= 0.3 is 5.97 Å². The van der Waals surface area contributed by atoms with Crippen molar-refractivity contribution in [3.8, 4) is 0 Å². The van der Waals surface area contributed by atoms with Crippen molar-refractivity contribution in [1.82, 2.24) is 5.32 Å². The number of aliphatic carboxylic acids is 1. The molecule has 0 fully saturated rings. The van der Waals surface area contributed by atoms with Crippen molar-refractivity contribution >= 4 is 12.3 Å². The van der Waals surface area contributed by atoms with E-state index in [1.165, 1.54) is 6.20 Å². The Morgan fingerprint density at radius 3 is 2.92 bits per heavy atom.